The molecule has 92 valence electrons. The molecule has 0 saturated carbocycles. The van der Waals surface area contributed by atoms with E-state index in [9.17, 15) is 14.9 Å². The van der Waals surface area contributed by atoms with Crippen LogP contribution in [0.25, 0.3) is 17.2 Å². The minimum atomic E-state index is -0.718. The Morgan fingerprint density at radius 2 is 2.28 bits per heavy atom. The lowest BCUT2D eigenvalue weighted by atomic mass is 10.2. The highest BCUT2D eigenvalue weighted by Gasteiger charge is 2.10. The van der Waals surface area contributed by atoms with Crippen molar-refractivity contribution >= 4 is 22.9 Å². The molecule has 0 spiro atoms. The average Bonchev–Trinajstić information content (AvgIpc) is 2.28. The number of aliphatic hydroxyl groups is 1. The fraction of sp³-hybridized carbons (Fsp3) is 0.0909. The number of nitrogens with zero attached hydrogens (tertiary/aromatic N) is 2. The molecule has 1 aromatic heterocycles. The fourth-order valence-electron chi connectivity index (χ4n) is 1.41. The monoisotopic (exact) mass is 248 g/mol. The van der Waals surface area contributed by atoms with Gasteiger partial charge in [0, 0.05) is 18.2 Å². The molecule has 18 heavy (non-hydrogen) atoms. The van der Waals surface area contributed by atoms with E-state index in [1.165, 1.54) is 25.1 Å². The molecule has 0 aliphatic rings. The van der Waals surface area contributed by atoms with Crippen molar-refractivity contribution in [2.24, 2.45) is 0 Å². The average molecular weight is 248 g/mol. The molecule has 0 radical (unpaired) electrons. The van der Waals surface area contributed by atoms with E-state index in [1.807, 2.05) is 0 Å². The molecule has 0 unspecified atom stereocenters. The van der Waals surface area contributed by atoms with Gasteiger partial charge >= 0.3 is 5.63 Å². The van der Waals surface area contributed by atoms with Gasteiger partial charge in [-0.15, -0.1) is 0 Å². The summed E-state index contributed by atoms with van der Waals surface area (Å²) in [5, 5.41) is 19.7. The highest BCUT2D eigenvalue weighted by atomic mass is 16.6. The lowest BCUT2D eigenvalue weighted by Crippen LogP contribution is -2.06. The first-order chi connectivity index (χ1) is 8.47. The van der Waals surface area contributed by atoms with Crippen LogP contribution in [0.15, 0.2) is 33.2 Å². The molecular formula is C11H8N2O5. The maximum Gasteiger partial charge on any atom is 0.362 e. The number of nitro benzene ring substituents is 1. The zero-order valence-corrected chi connectivity index (χ0v) is 9.28. The molecule has 0 aliphatic carbocycles. The third-order valence-electron chi connectivity index (χ3n) is 2.15. The van der Waals surface area contributed by atoms with Crippen molar-refractivity contribution in [2.45, 2.75) is 6.92 Å². The molecule has 0 bridgehead atoms. The number of aromatic nitrogens is 1. The summed E-state index contributed by atoms with van der Waals surface area (Å²) in [6.45, 7) is 1.37. The van der Waals surface area contributed by atoms with E-state index in [4.69, 9.17) is 9.52 Å². The van der Waals surface area contributed by atoms with Crippen molar-refractivity contribution in [2.75, 3.05) is 0 Å². The summed E-state index contributed by atoms with van der Waals surface area (Å²) < 4.78 is 4.93. The van der Waals surface area contributed by atoms with Crippen LogP contribution in [0, 0.1) is 10.1 Å². The molecule has 0 atom stereocenters. The summed E-state index contributed by atoms with van der Waals surface area (Å²) in [6, 6.07) is 3.73. The molecular weight excluding hydrogens is 240 g/mol. The summed E-state index contributed by atoms with van der Waals surface area (Å²) in [7, 11) is 0. The summed E-state index contributed by atoms with van der Waals surface area (Å²) in [4.78, 5) is 25.4. The Bertz CT molecular complexity index is 713. The van der Waals surface area contributed by atoms with Crippen LogP contribution in [0.5, 0.6) is 0 Å². The van der Waals surface area contributed by atoms with Crippen molar-refractivity contribution in [1.82, 2.24) is 4.98 Å². The molecule has 0 saturated heterocycles. The van der Waals surface area contributed by atoms with Gasteiger partial charge in [-0.1, -0.05) is 0 Å². The van der Waals surface area contributed by atoms with Gasteiger partial charge in [-0.2, -0.15) is 0 Å². The van der Waals surface area contributed by atoms with Gasteiger partial charge in [0.1, 0.15) is 5.52 Å². The highest BCUT2D eigenvalue weighted by Crippen LogP contribution is 2.18. The minimum Gasteiger partial charge on any atom is -0.513 e. The molecule has 0 fully saturated rings. The van der Waals surface area contributed by atoms with Gasteiger partial charge < -0.3 is 9.52 Å². The van der Waals surface area contributed by atoms with Crippen LogP contribution < -0.4 is 5.63 Å². The van der Waals surface area contributed by atoms with Crippen LogP contribution in [0.1, 0.15) is 12.6 Å². The van der Waals surface area contributed by atoms with Gasteiger partial charge in [0.15, 0.2) is 11.3 Å². The Morgan fingerprint density at radius 3 is 2.89 bits per heavy atom. The van der Waals surface area contributed by atoms with E-state index >= 15 is 0 Å². The Morgan fingerprint density at radius 1 is 1.56 bits per heavy atom. The predicted octanol–water partition coefficient (Wildman–Crippen LogP) is 2.01. The van der Waals surface area contributed by atoms with Crippen LogP contribution in [-0.4, -0.2) is 15.0 Å². The summed E-state index contributed by atoms with van der Waals surface area (Å²) in [5.41, 5.74) is -0.651. The van der Waals surface area contributed by atoms with Crippen molar-refractivity contribution in [3.63, 3.8) is 0 Å². The van der Waals surface area contributed by atoms with Gasteiger partial charge in [0.2, 0.25) is 0 Å². The number of fused-ring (bicyclic) bond motifs is 1. The topological polar surface area (TPSA) is 106 Å². The summed E-state index contributed by atoms with van der Waals surface area (Å²) in [6.07, 6.45) is 1.13. The second-order valence-corrected chi connectivity index (χ2v) is 3.58. The number of allylic oxidation sites excluding steroid dienone is 1. The van der Waals surface area contributed by atoms with E-state index in [0.717, 1.165) is 6.08 Å². The van der Waals surface area contributed by atoms with Gasteiger partial charge in [-0.05, 0) is 13.0 Å². The van der Waals surface area contributed by atoms with E-state index in [-0.39, 0.29) is 28.2 Å². The second-order valence-electron chi connectivity index (χ2n) is 3.58. The fourth-order valence-corrected chi connectivity index (χ4v) is 1.41. The zero-order valence-electron chi connectivity index (χ0n) is 9.28. The van der Waals surface area contributed by atoms with Crippen molar-refractivity contribution in [3.05, 3.63) is 50.2 Å². The van der Waals surface area contributed by atoms with Crippen molar-refractivity contribution < 1.29 is 14.4 Å². The quantitative estimate of drug-likeness (QED) is 0.495. The molecule has 0 amide bonds. The number of hydrogen-bond donors (Lipinski definition) is 1. The number of rotatable bonds is 2. The lowest BCUT2D eigenvalue weighted by Gasteiger charge is -1.98. The minimum absolute atomic E-state index is 0.108. The van der Waals surface area contributed by atoms with Crippen molar-refractivity contribution in [1.29, 1.82) is 0 Å². The van der Waals surface area contributed by atoms with Gasteiger partial charge in [0.25, 0.3) is 5.69 Å². The third kappa shape index (κ3) is 2.19. The standard InChI is InChI=1S/C11H8N2O5/c1-6(14)4-9-11(15)18-10-3-2-7(13(16)17)5-8(10)12-9/h2-5,14H,1H3/b6-4-. The van der Waals surface area contributed by atoms with Crippen LogP contribution >= 0.6 is 0 Å². The van der Waals surface area contributed by atoms with E-state index in [0.29, 0.717) is 0 Å². The first kappa shape index (κ1) is 11.8. The van der Waals surface area contributed by atoms with E-state index in [2.05, 4.69) is 4.98 Å². The van der Waals surface area contributed by atoms with Crippen molar-refractivity contribution in [3.8, 4) is 0 Å². The first-order valence-electron chi connectivity index (χ1n) is 4.94. The summed E-state index contributed by atoms with van der Waals surface area (Å²) in [5.74, 6) is -0.111. The molecule has 7 heteroatoms. The molecule has 2 aromatic rings. The third-order valence-corrected chi connectivity index (χ3v) is 2.15. The SMILES string of the molecule is C/C(O)=C/c1nc2cc([N+](=O)[O-])ccc2oc1=O. The highest BCUT2D eigenvalue weighted by molar-refractivity contribution is 5.75. The number of nitro groups is 1. The van der Waals surface area contributed by atoms with Crippen LogP contribution in [0.3, 0.4) is 0 Å². The Balaban J connectivity index is 2.71. The Labute approximate surface area is 100 Å². The number of aliphatic hydroxyl groups excluding tert-OH is 1. The van der Waals surface area contributed by atoms with Gasteiger partial charge in [-0.3, -0.25) is 10.1 Å². The maximum absolute atomic E-state index is 11.5. The summed E-state index contributed by atoms with van der Waals surface area (Å²) >= 11 is 0. The van der Waals surface area contributed by atoms with E-state index in [1.54, 1.807) is 0 Å². The molecule has 1 heterocycles. The molecule has 7 nitrogen and oxygen atoms in total. The molecule has 1 N–H and O–H groups in total. The van der Waals surface area contributed by atoms with Crippen LogP contribution in [-0.2, 0) is 0 Å². The smallest absolute Gasteiger partial charge is 0.362 e. The van der Waals surface area contributed by atoms with Crippen LogP contribution in [0.2, 0.25) is 0 Å². The Kier molecular flexibility index (Phi) is 2.80. The largest absolute Gasteiger partial charge is 0.513 e. The van der Waals surface area contributed by atoms with E-state index < -0.39 is 10.5 Å². The van der Waals surface area contributed by atoms with Gasteiger partial charge in [0.05, 0.1) is 10.7 Å². The molecule has 2 rings (SSSR count). The number of non-ortho nitro benzene ring substituents is 1. The number of benzene rings is 1. The molecule has 0 aliphatic heterocycles. The maximum atomic E-state index is 11.5. The normalized spacial score (nSPS) is 11.7. The predicted molar refractivity (Wildman–Crippen MR) is 63.2 cm³/mol. The van der Waals surface area contributed by atoms with Crippen LogP contribution in [0.4, 0.5) is 5.69 Å². The lowest BCUT2D eigenvalue weighted by molar-refractivity contribution is -0.384. The first-order valence-corrected chi connectivity index (χ1v) is 4.94. The zero-order chi connectivity index (χ0) is 13.3. The van der Waals surface area contributed by atoms with Gasteiger partial charge in [-0.25, -0.2) is 9.78 Å². The molecule has 1 aromatic carbocycles. The Hall–Kier alpha value is -2.70. The number of hydrogen-bond acceptors (Lipinski definition) is 6. The second kappa shape index (κ2) is 4.28.